The zero-order valence-corrected chi connectivity index (χ0v) is 7.49. The van der Waals surface area contributed by atoms with Gasteiger partial charge in [0.2, 0.25) is 0 Å². The van der Waals surface area contributed by atoms with Crippen molar-refractivity contribution < 1.29 is 9.90 Å². The van der Waals surface area contributed by atoms with Gasteiger partial charge in [0.1, 0.15) is 0 Å². The monoisotopic (exact) mass is 177 g/mol. The van der Waals surface area contributed by atoms with Gasteiger partial charge < -0.3 is 5.11 Å². The van der Waals surface area contributed by atoms with Gasteiger partial charge >= 0.3 is 5.97 Å². The lowest BCUT2D eigenvalue weighted by atomic mass is 10.1. The predicted octanol–water partition coefficient (Wildman–Crippen LogP) is 2.28. The van der Waals surface area contributed by atoms with Crippen LogP contribution >= 0.6 is 0 Å². The summed E-state index contributed by atoms with van der Waals surface area (Å²) in [6, 6.07) is 10.8. The van der Waals surface area contributed by atoms with Gasteiger partial charge in [-0.2, -0.15) is 0 Å². The molecule has 0 aliphatic heterocycles. The summed E-state index contributed by atoms with van der Waals surface area (Å²) in [6.07, 6.45) is 2.91. The molecule has 0 aliphatic rings. The van der Waals surface area contributed by atoms with E-state index in [0.29, 0.717) is 0 Å². The van der Waals surface area contributed by atoms with Crippen LogP contribution in [-0.2, 0) is 11.2 Å². The van der Waals surface area contributed by atoms with E-state index in [1.165, 1.54) is 5.56 Å². The van der Waals surface area contributed by atoms with Crippen LogP contribution in [0.4, 0.5) is 0 Å². The number of hydrogen-bond acceptors (Lipinski definition) is 1. The van der Waals surface area contributed by atoms with E-state index in [9.17, 15) is 4.79 Å². The molecule has 1 N–H and O–H groups in total. The lowest BCUT2D eigenvalue weighted by molar-refractivity contribution is -0.137. The van der Waals surface area contributed by atoms with Crippen LogP contribution in [0.2, 0.25) is 0 Å². The summed E-state index contributed by atoms with van der Waals surface area (Å²) in [5, 5.41) is 8.40. The van der Waals surface area contributed by atoms with Gasteiger partial charge in [0, 0.05) is 6.42 Å². The average molecular weight is 177 g/mol. The van der Waals surface area contributed by atoms with Gasteiger partial charge in [-0.3, -0.25) is 4.79 Å². The molecule has 1 aromatic carbocycles. The van der Waals surface area contributed by atoms with Crippen LogP contribution in [0.15, 0.2) is 24.3 Å². The second-order valence-electron chi connectivity index (χ2n) is 3.01. The van der Waals surface area contributed by atoms with Crippen LogP contribution < -0.4 is 0 Å². The summed E-state index contributed by atoms with van der Waals surface area (Å²) >= 11 is 0. The molecule has 0 aromatic heterocycles. The van der Waals surface area contributed by atoms with Gasteiger partial charge in [-0.1, -0.05) is 24.3 Å². The van der Waals surface area contributed by atoms with E-state index in [0.717, 1.165) is 19.3 Å². The molecule has 2 heteroatoms. The standard InChI is InChI=1S/C11H13O2/c12-11(13)9-5-4-8-10-6-2-1-3-7-10/h1-2,6-7H,4-5,8-9H2,(H,12,13). The molecule has 69 valence electrons. The quantitative estimate of drug-likeness (QED) is 0.700. The van der Waals surface area contributed by atoms with E-state index < -0.39 is 5.97 Å². The number of aliphatic carboxylic acids is 1. The third-order valence-electron chi connectivity index (χ3n) is 1.88. The molecule has 13 heavy (non-hydrogen) atoms. The fourth-order valence-corrected chi connectivity index (χ4v) is 1.19. The first-order valence-electron chi connectivity index (χ1n) is 4.46. The van der Waals surface area contributed by atoms with E-state index in [1.54, 1.807) is 0 Å². The minimum Gasteiger partial charge on any atom is -0.481 e. The number of carbonyl (C=O) groups is 1. The molecule has 0 bridgehead atoms. The number of carboxylic acids is 1. The highest BCUT2D eigenvalue weighted by molar-refractivity contribution is 5.66. The van der Waals surface area contributed by atoms with Crippen molar-refractivity contribution >= 4 is 5.97 Å². The zero-order chi connectivity index (χ0) is 9.52. The smallest absolute Gasteiger partial charge is 0.303 e. The first-order valence-corrected chi connectivity index (χ1v) is 4.46. The number of rotatable bonds is 5. The van der Waals surface area contributed by atoms with Crippen LogP contribution in [0.25, 0.3) is 0 Å². The van der Waals surface area contributed by atoms with Crippen molar-refractivity contribution in [1.82, 2.24) is 0 Å². The largest absolute Gasteiger partial charge is 0.481 e. The molecule has 0 heterocycles. The normalized spacial score (nSPS) is 9.85. The molecule has 0 spiro atoms. The average Bonchev–Trinajstić information content (AvgIpc) is 2.14. The fourth-order valence-electron chi connectivity index (χ4n) is 1.19. The van der Waals surface area contributed by atoms with Crippen LogP contribution in [0.1, 0.15) is 24.8 Å². The van der Waals surface area contributed by atoms with Gasteiger partial charge in [-0.25, -0.2) is 0 Å². The van der Waals surface area contributed by atoms with Crippen molar-refractivity contribution in [1.29, 1.82) is 0 Å². The molecule has 2 nitrogen and oxygen atoms in total. The van der Waals surface area contributed by atoms with E-state index in [-0.39, 0.29) is 6.42 Å². The molecule has 0 atom stereocenters. The molecule has 0 aliphatic carbocycles. The third-order valence-corrected chi connectivity index (χ3v) is 1.88. The summed E-state index contributed by atoms with van der Waals surface area (Å²) in [4.78, 5) is 10.2. The Labute approximate surface area is 78.2 Å². The second kappa shape index (κ2) is 5.36. The molecule has 0 fully saturated rings. The maximum atomic E-state index is 10.2. The molecule has 0 unspecified atom stereocenters. The number of benzene rings is 1. The van der Waals surface area contributed by atoms with Crippen molar-refractivity contribution in [2.24, 2.45) is 0 Å². The van der Waals surface area contributed by atoms with Crippen LogP contribution in [0.5, 0.6) is 0 Å². The highest BCUT2D eigenvalue weighted by Crippen LogP contribution is 2.05. The van der Waals surface area contributed by atoms with E-state index in [4.69, 9.17) is 5.11 Å². The molecule has 0 saturated carbocycles. The lowest BCUT2D eigenvalue weighted by Gasteiger charge is -1.98. The first-order chi connectivity index (χ1) is 6.29. The summed E-state index contributed by atoms with van der Waals surface area (Å²) in [5.74, 6) is -0.709. The van der Waals surface area contributed by atoms with Crippen LogP contribution in [-0.4, -0.2) is 11.1 Å². The predicted molar refractivity (Wildman–Crippen MR) is 50.5 cm³/mol. The maximum absolute atomic E-state index is 10.2. The minimum absolute atomic E-state index is 0.274. The number of unbranched alkanes of at least 4 members (excludes halogenated alkanes) is 1. The second-order valence-corrected chi connectivity index (χ2v) is 3.01. The van der Waals surface area contributed by atoms with Gasteiger partial charge in [0.05, 0.1) is 0 Å². The summed E-state index contributed by atoms with van der Waals surface area (Å²) in [7, 11) is 0. The van der Waals surface area contributed by atoms with E-state index >= 15 is 0 Å². The molecular formula is C11H13O2. The Kier molecular flexibility index (Phi) is 4.03. The molecular weight excluding hydrogens is 164 g/mol. The third kappa shape index (κ3) is 4.31. The zero-order valence-electron chi connectivity index (χ0n) is 7.49. The topological polar surface area (TPSA) is 37.3 Å². The number of hydrogen-bond donors (Lipinski definition) is 1. The maximum Gasteiger partial charge on any atom is 0.303 e. The molecule has 1 aromatic rings. The summed E-state index contributed by atoms with van der Waals surface area (Å²) in [6.45, 7) is 0. The van der Waals surface area contributed by atoms with Crippen molar-refractivity contribution in [2.75, 3.05) is 0 Å². The van der Waals surface area contributed by atoms with Crippen LogP contribution in [0.3, 0.4) is 0 Å². The molecule has 1 radical (unpaired) electrons. The Morgan fingerprint density at radius 1 is 1.46 bits per heavy atom. The van der Waals surface area contributed by atoms with E-state index in [2.05, 4.69) is 6.07 Å². The Balaban J connectivity index is 2.17. The summed E-state index contributed by atoms with van der Waals surface area (Å²) < 4.78 is 0. The number of carboxylic acid groups (broad SMARTS) is 1. The van der Waals surface area contributed by atoms with Gasteiger partial charge in [0.25, 0.3) is 0 Å². The molecule has 0 amide bonds. The Hall–Kier alpha value is -1.31. The van der Waals surface area contributed by atoms with Gasteiger partial charge in [-0.15, -0.1) is 0 Å². The highest BCUT2D eigenvalue weighted by atomic mass is 16.4. The Morgan fingerprint density at radius 2 is 2.31 bits per heavy atom. The molecule has 0 saturated heterocycles. The first kappa shape index (κ1) is 9.78. The van der Waals surface area contributed by atoms with Crippen molar-refractivity contribution in [3.05, 3.63) is 35.9 Å². The fraction of sp³-hybridized carbons (Fsp3) is 0.364. The van der Waals surface area contributed by atoms with Gasteiger partial charge in [-0.05, 0) is 30.9 Å². The number of aryl methyl sites for hydroxylation is 1. The SMILES string of the molecule is O=C(O)CCCCc1c[c]ccc1. The Morgan fingerprint density at radius 3 is 2.92 bits per heavy atom. The lowest BCUT2D eigenvalue weighted by Crippen LogP contribution is -1.94. The Bertz CT molecular complexity index is 254. The minimum atomic E-state index is -0.709. The van der Waals surface area contributed by atoms with Gasteiger partial charge in [0.15, 0.2) is 0 Å². The summed E-state index contributed by atoms with van der Waals surface area (Å²) in [5.41, 5.74) is 1.23. The van der Waals surface area contributed by atoms with Crippen molar-refractivity contribution in [2.45, 2.75) is 25.7 Å². The highest BCUT2D eigenvalue weighted by Gasteiger charge is 1.96. The van der Waals surface area contributed by atoms with Crippen molar-refractivity contribution in [3.63, 3.8) is 0 Å². The van der Waals surface area contributed by atoms with E-state index in [1.807, 2.05) is 24.3 Å². The van der Waals surface area contributed by atoms with Crippen molar-refractivity contribution in [3.8, 4) is 0 Å². The van der Waals surface area contributed by atoms with Crippen LogP contribution in [0, 0.1) is 6.07 Å². The molecule has 1 rings (SSSR count).